The molecular weight excluding hydrogens is 408 g/mol. The van der Waals surface area contributed by atoms with Crippen LogP contribution in [0.5, 0.6) is 5.75 Å². The third-order valence-corrected chi connectivity index (χ3v) is 6.02. The molecule has 0 spiro atoms. The van der Waals surface area contributed by atoms with Gasteiger partial charge in [0.1, 0.15) is 5.75 Å². The molecule has 0 saturated carbocycles. The number of piperazine rings is 1. The van der Waals surface area contributed by atoms with Crippen molar-refractivity contribution in [3.05, 3.63) is 54.1 Å². The van der Waals surface area contributed by atoms with Crippen molar-refractivity contribution in [2.75, 3.05) is 49.6 Å². The van der Waals surface area contributed by atoms with E-state index >= 15 is 0 Å². The van der Waals surface area contributed by atoms with Gasteiger partial charge in [-0.15, -0.1) is 0 Å². The fourth-order valence-corrected chi connectivity index (χ4v) is 4.17. The summed E-state index contributed by atoms with van der Waals surface area (Å²) in [5.74, 6) is 0.729. The maximum absolute atomic E-state index is 12.8. The van der Waals surface area contributed by atoms with Gasteiger partial charge in [0, 0.05) is 62.1 Å². The lowest BCUT2D eigenvalue weighted by atomic mass is 10.1. The first-order valence-corrected chi connectivity index (χ1v) is 10.8. The summed E-state index contributed by atoms with van der Waals surface area (Å²) in [7, 11) is 1.59. The van der Waals surface area contributed by atoms with Crippen LogP contribution in [0.15, 0.2) is 48.5 Å². The van der Waals surface area contributed by atoms with Crippen LogP contribution in [-0.4, -0.2) is 68.5 Å². The molecule has 168 valence electrons. The van der Waals surface area contributed by atoms with Crippen LogP contribution in [0.25, 0.3) is 0 Å². The number of carbonyl (C=O) groups is 3. The maximum Gasteiger partial charge on any atom is 0.317 e. The van der Waals surface area contributed by atoms with Crippen LogP contribution in [0.3, 0.4) is 0 Å². The number of anilines is 2. The number of hydrogen-bond acceptors (Lipinski definition) is 5. The van der Waals surface area contributed by atoms with Crippen LogP contribution in [0, 0.1) is 0 Å². The number of carbonyl (C=O) groups excluding carboxylic acids is 3. The average molecular weight is 437 g/mol. The maximum atomic E-state index is 12.8. The Labute approximate surface area is 187 Å². The lowest BCUT2D eigenvalue weighted by Crippen LogP contribution is -2.53. The highest BCUT2D eigenvalue weighted by molar-refractivity contribution is 5.97. The number of urea groups is 1. The van der Waals surface area contributed by atoms with E-state index in [4.69, 9.17) is 4.74 Å². The van der Waals surface area contributed by atoms with Gasteiger partial charge in [0.2, 0.25) is 5.91 Å². The van der Waals surface area contributed by atoms with Crippen LogP contribution in [0.2, 0.25) is 0 Å². The van der Waals surface area contributed by atoms with E-state index in [0.717, 1.165) is 11.4 Å². The van der Waals surface area contributed by atoms with Gasteiger partial charge in [-0.1, -0.05) is 6.07 Å². The molecule has 0 aromatic heterocycles. The third-order valence-electron chi connectivity index (χ3n) is 6.02. The Bertz CT molecular complexity index is 999. The Morgan fingerprint density at radius 2 is 1.72 bits per heavy atom. The summed E-state index contributed by atoms with van der Waals surface area (Å²) in [6, 6.07) is 14.6. The Morgan fingerprint density at radius 1 is 1.00 bits per heavy atom. The van der Waals surface area contributed by atoms with Crippen LogP contribution in [0.4, 0.5) is 16.2 Å². The van der Waals surface area contributed by atoms with Crippen LogP contribution in [0.1, 0.15) is 23.7 Å². The Balaban J connectivity index is 1.29. The standard InChI is InChI=1S/C24H28N4O4/c1-17(29)18-6-8-20(9-7-18)26-10-12-27(13-11-26)24(31)25-19-14-23(30)28(16-19)21-4-3-5-22(15-21)32-2/h3-9,15,19H,10-14,16H2,1-2H3,(H,25,31)/t19-/m1/s1. The molecule has 0 bridgehead atoms. The molecule has 2 aliphatic rings. The van der Waals surface area contributed by atoms with Crippen LogP contribution in [-0.2, 0) is 4.79 Å². The average Bonchev–Trinajstić information content (AvgIpc) is 3.19. The highest BCUT2D eigenvalue weighted by Crippen LogP contribution is 2.25. The van der Waals surface area contributed by atoms with Crippen LogP contribution >= 0.6 is 0 Å². The quantitative estimate of drug-likeness (QED) is 0.729. The Hall–Kier alpha value is -3.55. The van der Waals surface area contributed by atoms with E-state index < -0.39 is 0 Å². The first-order valence-electron chi connectivity index (χ1n) is 10.8. The van der Waals surface area contributed by atoms with Crippen LogP contribution < -0.4 is 19.9 Å². The minimum atomic E-state index is -0.224. The van der Waals surface area contributed by atoms with Crippen molar-refractivity contribution in [1.82, 2.24) is 10.2 Å². The van der Waals surface area contributed by atoms with Gasteiger partial charge in [-0.2, -0.15) is 0 Å². The number of hydrogen-bond donors (Lipinski definition) is 1. The zero-order valence-electron chi connectivity index (χ0n) is 18.4. The van der Waals surface area contributed by atoms with Gasteiger partial charge in [-0.05, 0) is 43.3 Å². The van der Waals surface area contributed by atoms with Gasteiger partial charge in [0.15, 0.2) is 5.78 Å². The summed E-state index contributed by atoms with van der Waals surface area (Å²) in [4.78, 5) is 42.4. The Morgan fingerprint density at radius 3 is 2.38 bits per heavy atom. The molecule has 3 amide bonds. The van der Waals surface area contributed by atoms with E-state index in [-0.39, 0.29) is 30.2 Å². The normalized spacial score (nSPS) is 18.6. The van der Waals surface area contributed by atoms with Crippen molar-refractivity contribution in [1.29, 1.82) is 0 Å². The fourth-order valence-electron chi connectivity index (χ4n) is 4.17. The van der Waals surface area contributed by atoms with E-state index in [1.165, 1.54) is 0 Å². The number of Topliss-reactive ketones (excluding diaryl/α,β-unsaturated/α-hetero) is 1. The summed E-state index contributed by atoms with van der Waals surface area (Å²) in [5.41, 5.74) is 2.52. The van der Waals surface area contributed by atoms with Crippen molar-refractivity contribution in [2.24, 2.45) is 0 Å². The summed E-state index contributed by atoms with van der Waals surface area (Å²) in [6.45, 7) is 4.63. The lowest BCUT2D eigenvalue weighted by Gasteiger charge is -2.36. The number of nitrogens with zero attached hydrogens (tertiary/aromatic N) is 3. The second kappa shape index (κ2) is 9.30. The number of benzene rings is 2. The van der Waals surface area contributed by atoms with E-state index in [2.05, 4.69) is 10.2 Å². The first-order chi connectivity index (χ1) is 15.4. The van der Waals surface area contributed by atoms with Crippen molar-refractivity contribution >= 4 is 29.1 Å². The summed E-state index contributed by atoms with van der Waals surface area (Å²) >= 11 is 0. The molecule has 2 fully saturated rings. The summed E-state index contributed by atoms with van der Waals surface area (Å²) in [6.07, 6.45) is 0.283. The van der Waals surface area contributed by atoms with Gasteiger partial charge in [0.25, 0.3) is 0 Å². The molecule has 2 heterocycles. The van der Waals surface area contributed by atoms with E-state index in [1.807, 2.05) is 48.5 Å². The molecule has 4 rings (SSSR count). The monoisotopic (exact) mass is 436 g/mol. The smallest absolute Gasteiger partial charge is 0.317 e. The van der Waals surface area contributed by atoms with E-state index in [1.54, 1.807) is 23.8 Å². The topological polar surface area (TPSA) is 82.2 Å². The minimum Gasteiger partial charge on any atom is -0.497 e. The second-order valence-electron chi connectivity index (χ2n) is 8.13. The second-order valence-corrected chi connectivity index (χ2v) is 8.13. The molecule has 2 saturated heterocycles. The van der Waals surface area contributed by atoms with Gasteiger partial charge >= 0.3 is 6.03 Å². The SMILES string of the molecule is COc1cccc(N2C[C@H](NC(=O)N3CCN(c4ccc(C(C)=O)cc4)CC3)CC2=O)c1. The number of nitrogens with one attached hydrogen (secondary N) is 1. The third kappa shape index (κ3) is 4.69. The van der Waals surface area contributed by atoms with Gasteiger partial charge in [-0.25, -0.2) is 4.79 Å². The van der Waals surface area contributed by atoms with Crippen molar-refractivity contribution in [2.45, 2.75) is 19.4 Å². The molecule has 0 aliphatic carbocycles. The number of ketones is 1. The molecule has 2 aromatic carbocycles. The largest absolute Gasteiger partial charge is 0.497 e. The molecule has 2 aromatic rings. The molecule has 2 aliphatic heterocycles. The molecule has 0 unspecified atom stereocenters. The van der Waals surface area contributed by atoms with E-state index in [0.29, 0.717) is 44.0 Å². The summed E-state index contributed by atoms with van der Waals surface area (Å²) in [5, 5.41) is 3.02. The highest BCUT2D eigenvalue weighted by atomic mass is 16.5. The summed E-state index contributed by atoms with van der Waals surface area (Å²) < 4.78 is 5.24. The highest BCUT2D eigenvalue weighted by Gasteiger charge is 2.33. The molecule has 8 nitrogen and oxygen atoms in total. The molecule has 1 N–H and O–H groups in total. The zero-order chi connectivity index (χ0) is 22.7. The molecular formula is C24H28N4O4. The van der Waals surface area contributed by atoms with Crippen molar-refractivity contribution < 1.29 is 19.1 Å². The number of methoxy groups -OCH3 is 1. The van der Waals surface area contributed by atoms with Gasteiger partial charge in [-0.3, -0.25) is 9.59 Å². The van der Waals surface area contributed by atoms with Gasteiger partial charge < -0.3 is 24.8 Å². The van der Waals surface area contributed by atoms with Crippen molar-refractivity contribution in [3.8, 4) is 5.75 Å². The predicted molar refractivity (Wildman–Crippen MR) is 123 cm³/mol. The predicted octanol–water partition coefficient (Wildman–Crippen LogP) is 2.53. The number of amides is 3. The molecule has 1 atom stereocenters. The minimum absolute atomic E-state index is 0.0117. The Kier molecular flexibility index (Phi) is 6.30. The number of ether oxygens (including phenoxy) is 1. The lowest BCUT2D eigenvalue weighted by molar-refractivity contribution is -0.117. The zero-order valence-corrected chi connectivity index (χ0v) is 18.4. The van der Waals surface area contributed by atoms with E-state index in [9.17, 15) is 14.4 Å². The van der Waals surface area contributed by atoms with Gasteiger partial charge in [0.05, 0.1) is 13.2 Å². The molecule has 8 heteroatoms. The number of rotatable bonds is 5. The van der Waals surface area contributed by atoms with Crippen molar-refractivity contribution in [3.63, 3.8) is 0 Å². The first kappa shape index (κ1) is 21.7. The molecule has 32 heavy (non-hydrogen) atoms. The fraction of sp³-hybridized carbons (Fsp3) is 0.375. The molecule has 0 radical (unpaired) electrons.